The van der Waals surface area contributed by atoms with Gasteiger partial charge in [0.05, 0.1) is 16.7 Å². The Kier molecular flexibility index (Phi) is 5.04. The molecule has 0 aliphatic rings. The molecule has 0 atom stereocenters. The number of hydrogen-bond acceptors (Lipinski definition) is 0. The molecular formula is C17H11F9. The molecule has 2 rings (SSSR count). The highest BCUT2D eigenvalue weighted by Crippen LogP contribution is 2.47. The van der Waals surface area contributed by atoms with Crippen molar-refractivity contribution in [2.45, 2.75) is 31.9 Å². The van der Waals surface area contributed by atoms with Gasteiger partial charge in [0.2, 0.25) is 0 Å². The van der Waals surface area contributed by atoms with Crippen LogP contribution < -0.4 is 0 Å². The van der Waals surface area contributed by atoms with Gasteiger partial charge < -0.3 is 0 Å². The van der Waals surface area contributed by atoms with Crippen LogP contribution >= 0.6 is 0 Å². The molecule has 142 valence electrons. The van der Waals surface area contributed by atoms with E-state index in [0.29, 0.717) is 30.3 Å². The lowest BCUT2D eigenvalue weighted by molar-refractivity contribution is -0.143. The lowest BCUT2D eigenvalue weighted by atomic mass is 9.89. The van der Waals surface area contributed by atoms with Crippen molar-refractivity contribution in [3.63, 3.8) is 0 Å². The number of benzene rings is 2. The second-order valence-corrected chi connectivity index (χ2v) is 5.45. The molecule has 0 aromatic heterocycles. The maximum Gasteiger partial charge on any atom is 0.417 e. The first-order chi connectivity index (χ1) is 11.8. The number of hydrogen-bond donors (Lipinski definition) is 0. The third-order valence-corrected chi connectivity index (χ3v) is 3.74. The third kappa shape index (κ3) is 3.96. The monoisotopic (exact) mass is 386 g/mol. The molecule has 0 radical (unpaired) electrons. The van der Waals surface area contributed by atoms with Crippen LogP contribution in [-0.4, -0.2) is 0 Å². The standard InChI is InChI=1S/C17H11F9/c1-2-9-6-7-10(13(8-9)17(24,25)26)14-11(15(18,19)20)4-3-5-12(14)16(21,22)23/h3-8H,2H2,1H3. The summed E-state index contributed by atoms with van der Waals surface area (Å²) in [6, 6.07) is 3.49. The molecule has 2 aromatic rings. The first-order valence-electron chi connectivity index (χ1n) is 7.24. The SMILES string of the molecule is CCc1ccc(-c2c(C(F)(F)F)cccc2C(F)(F)F)c(C(F)(F)F)c1. The van der Waals surface area contributed by atoms with Crippen LogP contribution in [0.4, 0.5) is 39.5 Å². The highest BCUT2D eigenvalue weighted by molar-refractivity contribution is 5.76. The molecule has 0 heterocycles. The van der Waals surface area contributed by atoms with Gasteiger partial charge >= 0.3 is 18.5 Å². The van der Waals surface area contributed by atoms with Crippen LogP contribution in [0.5, 0.6) is 0 Å². The minimum absolute atomic E-state index is 0.135. The molecule has 0 spiro atoms. The van der Waals surface area contributed by atoms with Crippen LogP contribution in [0, 0.1) is 0 Å². The van der Waals surface area contributed by atoms with E-state index in [4.69, 9.17) is 0 Å². The number of rotatable bonds is 2. The van der Waals surface area contributed by atoms with Gasteiger partial charge in [0, 0.05) is 5.56 Å². The van der Waals surface area contributed by atoms with E-state index in [9.17, 15) is 39.5 Å². The Hall–Kier alpha value is -2.19. The number of aryl methyl sites for hydroxylation is 1. The second-order valence-electron chi connectivity index (χ2n) is 5.45. The molecule has 0 nitrogen and oxygen atoms in total. The molecule has 2 aromatic carbocycles. The highest BCUT2D eigenvalue weighted by Gasteiger charge is 2.43. The molecule has 0 fully saturated rings. The van der Waals surface area contributed by atoms with Gasteiger partial charge in [-0.25, -0.2) is 0 Å². The van der Waals surface area contributed by atoms with E-state index >= 15 is 0 Å². The van der Waals surface area contributed by atoms with E-state index in [2.05, 4.69) is 0 Å². The lowest BCUT2D eigenvalue weighted by Crippen LogP contribution is -2.16. The summed E-state index contributed by atoms with van der Waals surface area (Å²) in [5.41, 5.74) is -7.64. The van der Waals surface area contributed by atoms with Crippen LogP contribution in [-0.2, 0) is 24.9 Å². The Morgan fingerprint density at radius 2 is 1.12 bits per heavy atom. The Balaban J connectivity index is 2.96. The van der Waals surface area contributed by atoms with Crippen molar-refractivity contribution in [2.75, 3.05) is 0 Å². The summed E-state index contributed by atoms with van der Waals surface area (Å²) in [5, 5.41) is 0. The van der Waals surface area contributed by atoms with Gasteiger partial charge in [-0.3, -0.25) is 0 Å². The number of alkyl halides is 9. The zero-order chi connectivity index (χ0) is 19.9. The molecule has 0 aliphatic carbocycles. The van der Waals surface area contributed by atoms with E-state index < -0.39 is 46.3 Å². The molecule has 0 saturated heterocycles. The summed E-state index contributed by atoms with van der Waals surface area (Å²) in [5.74, 6) is 0. The fourth-order valence-corrected chi connectivity index (χ4v) is 2.58. The van der Waals surface area contributed by atoms with Crippen LogP contribution in [0.15, 0.2) is 36.4 Å². The fraction of sp³-hybridized carbons (Fsp3) is 0.294. The minimum atomic E-state index is -5.26. The molecule has 26 heavy (non-hydrogen) atoms. The van der Waals surface area contributed by atoms with E-state index in [1.54, 1.807) is 0 Å². The van der Waals surface area contributed by atoms with E-state index in [0.717, 1.165) is 6.07 Å². The summed E-state index contributed by atoms with van der Waals surface area (Å²) in [6.07, 6.45) is -15.5. The Morgan fingerprint density at radius 1 is 0.654 bits per heavy atom. The minimum Gasteiger partial charge on any atom is -0.166 e. The van der Waals surface area contributed by atoms with Crippen molar-refractivity contribution in [3.05, 3.63) is 58.7 Å². The summed E-state index contributed by atoms with van der Waals surface area (Å²) in [6.45, 7) is 1.51. The van der Waals surface area contributed by atoms with Crippen molar-refractivity contribution in [3.8, 4) is 11.1 Å². The summed E-state index contributed by atoms with van der Waals surface area (Å²) in [4.78, 5) is 0. The predicted octanol–water partition coefficient (Wildman–Crippen LogP) is 6.97. The topological polar surface area (TPSA) is 0 Å². The van der Waals surface area contributed by atoms with Gasteiger partial charge in [-0.05, 0) is 35.7 Å². The first kappa shape index (κ1) is 20.1. The molecule has 0 bridgehead atoms. The predicted molar refractivity (Wildman–Crippen MR) is 76.3 cm³/mol. The molecule has 0 N–H and O–H groups in total. The average Bonchev–Trinajstić information content (AvgIpc) is 2.51. The maximum absolute atomic E-state index is 13.3. The molecule has 0 amide bonds. The normalized spacial score (nSPS) is 13.2. The largest absolute Gasteiger partial charge is 0.417 e. The van der Waals surface area contributed by atoms with Gasteiger partial charge in [-0.2, -0.15) is 39.5 Å². The molecule has 0 unspecified atom stereocenters. The van der Waals surface area contributed by atoms with E-state index in [-0.39, 0.29) is 12.0 Å². The summed E-state index contributed by atoms with van der Waals surface area (Å²) < 4.78 is 119. The van der Waals surface area contributed by atoms with Crippen molar-refractivity contribution in [1.29, 1.82) is 0 Å². The first-order valence-corrected chi connectivity index (χ1v) is 7.24. The molecular weight excluding hydrogens is 375 g/mol. The Morgan fingerprint density at radius 3 is 1.50 bits per heavy atom. The second kappa shape index (κ2) is 6.51. The van der Waals surface area contributed by atoms with Crippen molar-refractivity contribution < 1.29 is 39.5 Å². The van der Waals surface area contributed by atoms with E-state index in [1.807, 2.05) is 0 Å². The molecule has 9 heteroatoms. The van der Waals surface area contributed by atoms with Crippen LogP contribution in [0.3, 0.4) is 0 Å². The van der Waals surface area contributed by atoms with Crippen molar-refractivity contribution in [2.24, 2.45) is 0 Å². The maximum atomic E-state index is 13.3. The van der Waals surface area contributed by atoms with Gasteiger partial charge in [-0.15, -0.1) is 0 Å². The summed E-state index contributed by atoms with van der Waals surface area (Å²) >= 11 is 0. The molecule has 0 saturated carbocycles. The van der Waals surface area contributed by atoms with Crippen LogP contribution in [0.2, 0.25) is 0 Å². The Labute approximate surface area is 142 Å². The van der Waals surface area contributed by atoms with Crippen LogP contribution in [0.1, 0.15) is 29.2 Å². The Bertz CT molecular complexity index is 763. The molecule has 0 aliphatic heterocycles. The zero-order valence-corrected chi connectivity index (χ0v) is 13.1. The fourth-order valence-electron chi connectivity index (χ4n) is 2.58. The van der Waals surface area contributed by atoms with Gasteiger partial charge in [0.25, 0.3) is 0 Å². The zero-order valence-electron chi connectivity index (χ0n) is 13.1. The van der Waals surface area contributed by atoms with E-state index in [1.165, 1.54) is 6.92 Å². The smallest absolute Gasteiger partial charge is 0.166 e. The van der Waals surface area contributed by atoms with Crippen LogP contribution in [0.25, 0.3) is 11.1 Å². The van der Waals surface area contributed by atoms with Crippen molar-refractivity contribution >= 4 is 0 Å². The van der Waals surface area contributed by atoms with Crippen molar-refractivity contribution in [1.82, 2.24) is 0 Å². The number of halogens is 9. The third-order valence-electron chi connectivity index (χ3n) is 3.74. The summed E-state index contributed by atoms with van der Waals surface area (Å²) in [7, 11) is 0. The quantitative estimate of drug-likeness (QED) is 0.489. The average molecular weight is 386 g/mol. The highest BCUT2D eigenvalue weighted by atomic mass is 19.4. The van der Waals surface area contributed by atoms with Gasteiger partial charge in [-0.1, -0.05) is 25.1 Å². The van der Waals surface area contributed by atoms with Gasteiger partial charge in [0.15, 0.2) is 0 Å². The lowest BCUT2D eigenvalue weighted by Gasteiger charge is -2.22. The van der Waals surface area contributed by atoms with Gasteiger partial charge in [0.1, 0.15) is 0 Å².